The monoisotopic (exact) mass is 1770 g/mol. The number of unbranched alkanes of at least 4 members (excludes halogenated alkanes) is 27. The highest BCUT2D eigenvalue weighted by molar-refractivity contribution is 5.95. The van der Waals surface area contributed by atoms with Gasteiger partial charge in [0.1, 0.15) is 0 Å². The van der Waals surface area contributed by atoms with Gasteiger partial charge in [-0.05, 0) is 135 Å². The van der Waals surface area contributed by atoms with Gasteiger partial charge in [0.15, 0.2) is 35.8 Å². The number of nitrogens with two attached hydrogens (primary N) is 21. The van der Waals surface area contributed by atoms with Gasteiger partial charge >= 0.3 is 0 Å². The highest BCUT2D eigenvalue weighted by atomic mass is 15.3. The molecule has 3 heterocycles. The Hall–Kier alpha value is -12.4. The quantitative estimate of drug-likeness (QED) is 0.0197. The van der Waals surface area contributed by atoms with Gasteiger partial charge in [0.2, 0.25) is 89.3 Å². The van der Waals surface area contributed by atoms with E-state index < -0.39 is 0 Å². The summed E-state index contributed by atoms with van der Waals surface area (Å²) in [6, 6.07) is 0. The molecule has 0 aromatic carbocycles. The standard InChI is InChI=1S/C27H57N21.C25H53N17.C23H49N13/c28-19(29)43-22(34)37-13-7-1-4-10-16-40-25-46-26(41-17-11-5-2-8-14-38-23(35)44-20(30)31)48-27(47-25)42-18-12-6-3-9-15-39-24(36)45-21(32)33;26-13-7-1-2-10-16-35-23-40-24(36-17-11-5-3-8-14-33-21(31)38-19(27)28)42-25(41-23)37-18-12-6-4-9-15-34-22(32)39-20(29)30;24-13-7-1-3-10-16-30-21-34-22(31-17-11-4-2-8-14-25)36-23(35-21)32-18-12-6-5-9-15-29-20(28)33-19(26)27/h1-18H2,(H6,28,29,34,37,43)(H6,30,31,35,38,44)(H6,32,33,36,39,45)(H3,40,41,42,46,47,48);1-18,26H2,(H6,27,28,31,33,38)(H6,29,30,32,34,39)(H3,35,36,37,40,41,42);1-18,24-25H2,(H6,26,27,28,29,33)(H3,30,31,32,34,35,36). The van der Waals surface area contributed by atoms with Gasteiger partial charge in [-0.1, -0.05) is 116 Å². The first kappa shape index (κ1) is 112. The molecule has 3 rings (SSSR count). The lowest BCUT2D eigenvalue weighted by molar-refractivity contribution is 0.657. The molecule has 0 saturated carbocycles. The molecule has 51 N–H and O–H groups in total. The van der Waals surface area contributed by atoms with Crippen LogP contribution in [0, 0.1) is 0 Å². The van der Waals surface area contributed by atoms with E-state index in [1.807, 2.05) is 0 Å². The van der Waals surface area contributed by atoms with Gasteiger partial charge in [-0.25, -0.2) is 0 Å². The van der Waals surface area contributed by atoms with Crippen molar-refractivity contribution in [3.63, 3.8) is 0 Å². The van der Waals surface area contributed by atoms with Crippen molar-refractivity contribution in [2.24, 2.45) is 180 Å². The number of hydrogen-bond donors (Lipinski definition) is 30. The molecule has 0 aliphatic heterocycles. The van der Waals surface area contributed by atoms with Crippen LogP contribution in [-0.2, 0) is 0 Å². The first-order valence-electron chi connectivity index (χ1n) is 44.3. The molecule has 0 spiro atoms. The highest BCUT2D eigenvalue weighted by Gasteiger charge is 2.12. The molecular formula is C75H159N51. The summed E-state index contributed by atoms with van der Waals surface area (Å²) in [5.74, 6) is 4.96. The predicted molar refractivity (Wildman–Crippen MR) is 523 cm³/mol. The minimum absolute atomic E-state index is 0.0811. The smallest absolute Gasteiger partial charge is 0.229 e. The number of guanidine groups is 12. The first-order valence-corrected chi connectivity index (χ1v) is 44.3. The predicted octanol–water partition coefficient (Wildman–Crippen LogP) is -0.230. The van der Waals surface area contributed by atoms with E-state index in [0.29, 0.717) is 112 Å². The van der Waals surface area contributed by atoms with Crippen LogP contribution in [0.25, 0.3) is 0 Å². The fourth-order valence-corrected chi connectivity index (χ4v) is 11.2. The lowest BCUT2D eigenvalue weighted by Crippen LogP contribution is -2.26. The zero-order valence-electron chi connectivity index (χ0n) is 74.7. The minimum atomic E-state index is -0.104. The van der Waals surface area contributed by atoms with Crippen molar-refractivity contribution in [3.8, 4) is 0 Å². The molecule has 714 valence electrons. The van der Waals surface area contributed by atoms with Crippen molar-refractivity contribution in [1.29, 1.82) is 0 Å². The lowest BCUT2D eigenvalue weighted by atomic mass is 10.2. The number of nitrogens with one attached hydrogen (secondary N) is 9. The SMILES string of the molecule is NC(N)=NC(N)=NCCCCCCNc1nc(NCCCCCCN=C(N)N=C(N)N)nc(NCCCCCCN=C(N)N=C(N)N)n1.NCCCCCCNc1nc(NCCCCCCN)nc(NCCCCCCN=C(N)N=C(N)N)n1.NCCCCCCNc1nc(NCCCCCCN=C(N)N=C(N)N)nc(NCCCCCCN=C(N)N=C(N)N)n1. The van der Waals surface area contributed by atoms with Crippen LogP contribution in [0.15, 0.2) is 59.9 Å². The molecule has 126 heavy (non-hydrogen) atoms. The van der Waals surface area contributed by atoms with E-state index in [0.717, 1.165) is 290 Å². The number of anilines is 9. The van der Waals surface area contributed by atoms with Gasteiger partial charge < -0.3 is 168 Å². The van der Waals surface area contributed by atoms with E-state index in [9.17, 15) is 0 Å². The van der Waals surface area contributed by atoms with Crippen LogP contribution >= 0.6 is 0 Å². The molecule has 0 radical (unpaired) electrons. The number of hydrogen-bond acceptors (Lipinski definition) is 27. The third-order valence-electron chi connectivity index (χ3n) is 17.5. The minimum Gasteiger partial charge on any atom is -0.370 e. The largest absolute Gasteiger partial charge is 0.370 e. The Morgan fingerprint density at radius 2 is 0.270 bits per heavy atom. The topological polar surface area (TPSA) is 919 Å². The summed E-state index contributed by atoms with van der Waals surface area (Å²) in [6.45, 7) is 12.6. The molecule has 51 nitrogen and oxygen atoms in total. The second kappa shape index (κ2) is 77.4. The molecule has 0 amide bonds. The van der Waals surface area contributed by atoms with Gasteiger partial charge in [-0.15, -0.1) is 0 Å². The van der Waals surface area contributed by atoms with Crippen molar-refractivity contribution in [2.75, 3.05) is 166 Å². The maximum Gasteiger partial charge on any atom is 0.229 e. The number of rotatable bonds is 69. The van der Waals surface area contributed by atoms with Gasteiger partial charge in [-0.2, -0.15) is 74.8 Å². The van der Waals surface area contributed by atoms with Crippen LogP contribution in [0.5, 0.6) is 0 Å². The Morgan fingerprint density at radius 1 is 0.159 bits per heavy atom. The van der Waals surface area contributed by atoms with Crippen LogP contribution in [0.4, 0.5) is 53.5 Å². The van der Waals surface area contributed by atoms with Crippen LogP contribution in [0.1, 0.15) is 231 Å². The van der Waals surface area contributed by atoms with Crippen molar-refractivity contribution in [2.45, 2.75) is 231 Å². The molecule has 0 fully saturated rings. The lowest BCUT2D eigenvalue weighted by Gasteiger charge is -2.11. The fourth-order valence-electron chi connectivity index (χ4n) is 11.2. The molecule has 3 aromatic heterocycles. The summed E-state index contributed by atoms with van der Waals surface area (Å²) in [5.41, 5.74) is 114. The molecule has 0 aliphatic carbocycles. The average molecular weight is 1780 g/mol. The maximum atomic E-state index is 5.62. The molecule has 0 atom stereocenters. The molecule has 0 bridgehead atoms. The zero-order chi connectivity index (χ0) is 92.5. The van der Waals surface area contributed by atoms with E-state index >= 15 is 0 Å². The molecular weight excluding hydrogens is 1620 g/mol. The Kier molecular flexibility index (Phi) is 68.5. The number of aliphatic imine (C=N–C) groups is 12. The molecule has 3 aromatic rings. The Morgan fingerprint density at radius 3 is 0.381 bits per heavy atom. The fraction of sp³-hybridized carbons (Fsp3) is 0.720. The molecule has 0 unspecified atom stereocenters. The van der Waals surface area contributed by atoms with Gasteiger partial charge in [-0.3, -0.25) is 30.0 Å². The van der Waals surface area contributed by atoms with Gasteiger partial charge in [0, 0.05) is 98.2 Å². The van der Waals surface area contributed by atoms with Crippen molar-refractivity contribution in [3.05, 3.63) is 0 Å². The summed E-state index contributed by atoms with van der Waals surface area (Å²) in [7, 11) is 0. The summed E-state index contributed by atoms with van der Waals surface area (Å²) in [6.07, 6.45) is 36.4. The number of nitrogens with zero attached hydrogens (tertiary/aromatic N) is 21. The summed E-state index contributed by atoms with van der Waals surface area (Å²) >= 11 is 0. The van der Waals surface area contributed by atoms with Crippen molar-refractivity contribution >= 4 is 125 Å². The average Bonchev–Trinajstić information content (AvgIpc) is 0.878. The van der Waals surface area contributed by atoms with Gasteiger partial charge in [0.25, 0.3) is 0 Å². The first-order chi connectivity index (χ1) is 60.9. The zero-order valence-corrected chi connectivity index (χ0v) is 74.7. The van der Waals surface area contributed by atoms with Crippen LogP contribution in [0.3, 0.4) is 0 Å². The highest BCUT2D eigenvalue weighted by Crippen LogP contribution is 2.17. The molecule has 51 heteroatoms. The summed E-state index contributed by atoms with van der Waals surface area (Å²) in [5, 5.41) is 29.9. The van der Waals surface area contributed by atoms with Crippen molar-refractivity contribution in [1.82, 2.24) is 44.9 Å². The second-order valence-electron chi connectivity index (χ2n) is 29.0. The number of aromatic nitrogens is 9. The third kappa shape index (κ3) is 72.1. The van der Waals surface area contributed by atoms with E-state index in [4.69, 9.17) is 120 Å². The third-order valence-corrected chi connectivity index (χ3v) is 17.5. The second-order valence-corrected chi connectivity index (χ2v) is 29.0. The van der Waals surface area contributed by atoms with E-state index in [-0.39, 0.29) is 71.5 Å². The molecule has 0 aliphatic rings. The van der Waals surface area contributed by atoms with Crippen LogP contribution < -0.4 is 168 Å². The van der Waals surface area contributed by atoms with Crippen LogP contribution in [0.2, 0.25) is 0 Å². The molecule has 0 saturated heterocycles. The summed E-state index contributed by atoms with van der Waals surface area (Å²) in [4.78, 5) is 87.9. The van der Waals surface area contributed by atoms with E-state index in [1.54, 1.807) is 0 Å². The Bertz CT molecular complexity index is 3380. The Balaban J connectivity index is 0.000000955. The summed E-state index contributed by atoms with van der Waals surface area (Å²) < 4.78 is 0. The van der Waals surface area contributed by atoms with E-state index in [2.05, 4.69) is 153 Å². The van der Waals surface area contributed by atoms with Crippen LogP contribution in [-0.4, -0.2) is 234 Å². The van der Waals surface area contributed by atoms with Gasteiger partial charge in [0.05, 0.1) is 0 Å². The normalized spacial score (nSPS) is 11.6. The van der Waals surface area contributed by atoms with Crippen molar-refractivity contribution < 1.29 is 0 Å². The Labute approximate surface area is 743 Å². The van der Waals surface area contributed by atoms with E-state index in [1.165, 1.54) is 0 Å². The maximum absolute atomic E-state index is 5.62.